The molecule has 2 aromatic rings. The highest BCUT2D eigenvalue weighted by Gasteiger charge is 2.23. The molecule has 2 heterocycles. The van der Waals surface area contributed by atoms with Gasteiger partial charge in [0.05, 0.1) is 5.56 Å². The molecule has 0 aliphatic carbocycles. The number of carbonyl (C=O) groups is 2. The van der Waals surface area contributed by atoms with E-state index in [-0.39, 0.29) is 28.5 Å². The van der Waals surface area contributed by atoms with Crippen molar-refractivity contribution in [2.45, 2.75) is 46.0 Å². The first-order chi connectivity index (χ1) is 14.1. The minimum Gasteiger partial charge on any atom is -0.339 e. The van der Waals surface area contributed by atoms with Crippen molar-refractivity contribution in [3.05, 3.63) is 63.6 Å². The maximum Gasteiger partial charge on any atom is 0.274 e. The number of hydrogen-bond donors (Lipinski definition) is 1. The molecule has 0 atom stereocenters. The van der Waals surface area contributed by atoms with Crippen LogP contribution in [0.15, 0.2) is 41.3 Å². The SMILES string of the molecule is CC1CCN(C(=O)c2cc(NC(=O)c3ccc(C(C)(C)C)cc3)c(=O)n(C)c2)CC1. The third-order valence-electron chi connectivity index (χ3n) is 5.76. The summed E-state index contributed by atoms with van der Waals surface area (Å²) in [6, 6.07) is 8.84. The highest BCUT2D eigenvalue weighted by Crippen LogP contribution is 2.23. The Bertz CT molecular complexity index is 992. The molecule has 0 bridgehead atoms. The molecule has 160 valence electrons. The minimum absolute atomic E-state index is 0.00805. The van der Waals surface area contributed by atoms with Crippen LogP contribution in [-0.4, -0.2) is 34.4 Å². The topological polar surface area (TPSA) is 71.4 Å². The molecule has 1 saturated heterocycles. The molecule has 3 rings (SSSR count). The van der Waals surface area contributed by atoms with E-state index in [1.54, 1.807) is 19.2 Å². The monoisotopic (exact) mass is 409 g/mol. The number of amides is 2. The Hall–Kier alpha value is -2.89. The summed E-state index contributed by atoms with van der Waals surface area (Å²) in [5.41, 5.74) is 1.75. The quantitative estimate of drug-likeness (QED) is 0.838. The van der Waals surface area contributed by atoms with Gasteiger partial charge < -0.3 is 14.8 Å². The van der Waals surface area contributed by atoms with Crippen molar-refractivity contribution in [1.82, 2.24) is 9.47 Å². The molecule has 1 fully saturated rings. The van der Waals surface area contributed by atoms with Crippen LogP contribution in [0.25, 0.3) is 0 Å². The van der Waals surface area contributed by atoms with Gasteiger partial charge in [-0.1, -0.05) is 39.8 Å². The number of aromatic nitrogens is 1. The van der Waals surface area contributed by atoms with E-state index in [1.165, 1.54) is 16.8 Å². The summed E-state index contributed by atoms with van der Waals surface area (Å²) in [6.45, 7) is 9.94. The number of nitrogens with one attached hydrogen (secondary N) is 1. The summed E-state index contributed by atoms with van der Waals surface area (Å²) < 4.78 is 1.35. The van der Waals surface area contributed by atoms with Gasteiger partial charge in [-0.2, -0.15) is 0 Å². The Morgan fingerprint density at radius 1 is 1.03 bits per heavy atom. The van der Waals surface area contributed by atoms with Gasteiger partial charge in [-0.05, 0) is 47.9 Å². The molecule has 6 nitrogen and oxygen atoms in total. The fourth-order valence-electron chi connectivity index (χ4n) is 3.63. The summed E-state index contributed by atoms with van der Waals surface area (Å²) in [5, 5.41) is 2.69. The average molecular weight is 410 g/mol. The van der Waals surface area contributed by atoms with Gasteiger partial charge in [0.2, 0.25) is 0 Å². The van der Waals surface area contributed by atoms with E-state index in [1.807, 2.05) is 17.0 Å². The Balaban J connectivity index is 1.81. The van der Waals surface area contributed by atoms with Gasteiger partial charge in [0.1, 0.15) is 5.69 Å². The molecule has 1 aromatic carbocycles. The van der Waals surface area contributed by atoms with Gasteiger partial charge >= 0.3 is 0 Å². The average Bonchev–Trinajstić information content (AvgIpc) is 2.70. The predicted octanol–water partition coefficient (Wildman–Crippen LogP) is 3.81. The summed E-state index contributed by atoms with van der Waals surface area (Å²) in [5.74, 6) is 0.139. The first-order valence-electron chi connectivity index (χ1n) is 10.5. The molecule has 1 aliphatic rings. The smallest absolute Gasteiger partial charge is 0.274 e. The van der Waals surface area contributed by atoms with E-state index in [9.17, 15) is 14.4 Å². The third-order valence-corrected chi connectivity index (χ3v) is 5.76. The van der Waals surface area contributed by atoms with Crippen LogP contribution in [0.3, 0.4) is 0 Å². The predicted molar refractivity (Wildman–Crippen MR) is 119 cm³/mol. The summed E-state index contributed by atoms with van der Waals surface area (Å²) in [6.07, 6.45) is 3.49. The second kappa shape index (κ2) is 8.46. The van der Waals surface area contributed by atoms with Gasteiger partial charge in [0, 0.05) is 31.9 Å². The number of nitrogens with zero attached hydrogens (tertiary/aromatic N) is 2. The number of benzene rings is 1. The molecular weight excluding hydrogens is 378 g/mol. The van der Waals surface area contributed by atoms with E-state index in [0.717, 1.165) is 18.4 Å². The number of rotatable bonds is 3. The lowest BCUT2D eigenvalue weighted by molar-refractivity contribution is 0.0696. The summed E-state index contributed by atoms with van der Waals surface area (Å²) >= 11 is 0. The van der Waals surface area contributed by atoms with Crippen molar-refractivity contribution in [2.75, 3.05) is 18.4 Å². The van der Waals surface area contributed by atoms with Crippen LogP contribution >= 0.6 is 0 Å². The number of hydrogen-bond acceptors (Lipinski definition) is 3. The van der Waals surface area contributed by atoms with Gasteiger partial charge in [-0.3, -0.25) is 14.4 Å². The van der Waals surface area contributed by atoms with Crippen molar-refractivity contribution in [2.24, 2.45) is 13.0 Å². The number of likely N-dealkylation sites (tertiary alicyclic amines) is 1. The third kappa shape index (κ3) is 4.81. The van der Waals surface area contributed by atoms with Gasteiger partial charge in [0.15, 0.2) is 0 Å². The molecular formula is C24H31N3O3. The Kier molecular flexibility index (Phi) is 6.15. The minimum atomic E-state index is -0.371. The lowest BCUT2D eigenvalue weighted by Crippen LogP contribution is -2.38. The zero-order valence-electron chi connectivity index (χ0n) is 18.5. The number of aryl methyl sites for hydroxylation is 1. The van der Waals surface area contributed by atoms with Gasteiger partial charge in [-0.25, -0.2) is 0 Å². The van der Waals surface area contributed by atoms with Crippen LogP contribution in [-0.2, 0) is 12.5 Å². The lowest BCUT2D eigenvalue weighted by Gasteiger charge is -2.30. The van der Waals surface area contributed by atoms with E-state index in [2.05, 4.69) is 33.0 Å². The van der Waals surface area contributed by atoms with Crippen LogP contribution in [0, 0.1) is 5.92 Å². The van der Waals surface area contributed by atoms with Crippen LogP contribution in [0.1, 0.15) is 66.8 Å². The van der Waals surface area contributed by atoms with Crippen molar-refractivity contribution >= 4 is 17.5 Å². The van der Waals surface area contributed by atoms with E-state index in [0.29, 0.717) is 30.1 Å². The van der Waals surface area contributed by atoms with Crippen molar-refractivity contribution in [3.63, 3.8) is 0 Å². The first-order valence-corrected chi connectivity index (χ1v) is 10.5. The van der Waals surface area contributed by atoms with Crippen molar-refractivity contribution in [1.29, 1.82) is 0 Å². The maximum atomic E-state index is 12.9. The molecule has 1 aliphatic heterocycles. The first kappa shape index (κ1) is 21.8. The normalized spacial score (nSPS) is 15.2. The number of piperidine rings is 1. The van der Waals surface area contributed by atoms with Crippen molar-refractivity contribution < 1.29 is 9.59 Å². The Morgan fingerprint density at radius 2 is 1.63 bits per heavy atom. The van der Waals surface area contributed by atoms with Crippen LogP contribution < -0.4 is 10.9 Å². The second-order valence-corrected chi connectivity index (χ2v) is 9.31. The molecule has 0 radical (unpaired) electrons. The number of anilines is 1. The molecule has 30 heavy (non-hydrogen) atoms. The van der Waals surface area contributed by atoms with Gasteiger partial charge in [-0.15, -0.1) is 0 Å². The zero-order valence-corrected chi connectivity index (χ0v) is 18.5. The highest BCUT2D eigenvalue weighted by molar-refractivity contribution is 6.05. The molecule has 2 amide bonds. The van der Waals surface area contributed by atoms with E-state index in [4.69, 9.17) is 0 Å². The van der Waals surface area contributed by atoms with Gasteiger partial charge in [0.25, 0.3) is 17.4 Å². The van der Waals surface area contributed by atoms with E-state index >= 15 is 0 Å². The summed E-state index contributed by atoms with van der Waals surface area (Å²) in [4.78, 5) is 40.0. The Labute approximate surface area is 177 Å². The molecule has 1 N–H and O–H groups in total. The fraction of sp³-hybridized carbons (Fsp3) is 0.458. The molecule has 0 spiro atoms. The van der Waals surface area contributed by atoms with Crippen molar-refractivity contribution in [3.8, 4) is 0 Å². The number of carbonyl (C=O) groups excluding carboxylic acids is 2. The molecule has 0 saturated carbocycles. The Morgan fingerprint density at radius 3 is 2.20 bits per heavy atom. The largest absolute Gasteiger partial charge is 0.339 e. The van der Waals surface area contributed by atoms with Crippen LogP contribution in [0.2, 0.25) is 0 Å². The fourth-order valence-corrected chi connectivity index (χ4v) is 3.63. The zero-order chi connectivity index (χ0) is 22.1. The lowest BCUT2D eigenvalue weighted by atomic mass is 9.87. The maximum absolute atomic E-state index is 12.9. The standard InChI is InChI=1S/C24H31N3O3/c1-16-10-12-27(13-11-16)22(29)18-14-20(23(30)26(5)15-18)25-21(28)17-6-8-19(9-7-17)24(2,3)4/h6-9,14-16H,10-13H2,1-5H3,(H,25,28). The van der Waals surface area contributed by atoms with Crippen LogP contribution in [0.4, 0.5) is 5.69 Å². The molecule has 6 heteroatoms. The number of pyridine rings is 1. The molecule has 1 aromatic heterocycles. The van der Waals surface area contributed by atoms with Crippen LogP contribution in [0.5, 0.6) is 0 Å². The summed E-state index contributed by atoms with van der Waals surface area (Å²) in [7, 11) is 1.59. The van der Waals surface area contributed by atoms with E-state index < -0.39 is 0 Å². The molecule has 0 unspecified atom stereocenters. The highest BCUT2D eigenvalue weighted by atomic mass is 16.2. The second-order valence-electron chi connectivity index (χ2n) is 9.31.